The van der Waals surface area contributed by atoms with E-state index in [-0.39, 0.29) is 27.6 Å². The smallest absolute Gasteiger partial charge is 0.308 e. The Hall–Kier alpha value is -2.49. The second kappa shape index (κ2) is 8.94. The fourth-order valence-corrected chi connectivity index (χ4v) is 7.72. The molecule has 2 aliphatic heterocycles. The van der Waals surface area contributed by atoms with Crippen molar-refractivity contribution in [3.8, 4) is 0 Å². The largest absolute Gasteiger partial charge is 0.338 e. The predicted octanol–water partition coefficient (Wildman–Crippen LogP) is 3.63. The highest BCUT2D eigenvalue weighted by Gasteiger charge is 2.34. The summed E-state index contributed by atoms with van der Waals surface area (Å²) in [5.41, 5.74) is 3.26. The second-order valence-corrected chi connectivity index (χ2v) is 12.3. The van der Waals surface area contributed by atoms with Gasteiger partial charge in [0.1, 0.15) is 0 Å². The summed E-state index contributed by atoms with van der Waals surface area (Å²) >= 11 is 1.07. The molecular weight excluding hydrogens is 470 g/mol. The molecule has 0 unspecified atom stereocenters. The molecule has 1 fully saturated rings. The van der Waals surface area contributed by atoms with Crippen LogP contribution in [0.2, 0.25) is 0 Å². The molecular formula is C25H29N3O4S2. The van der Waals surface area contributed by atoms with Crippen LogP contribution in [0.5, 0.6) is 0 Å². The van der Waals surface area contributed by atoms with Gasteiger partial charge in [-0.25, -0.2) is 8.42 Å². The monoisotopic (exact) mass is 499 g/mol. The summed E-state index contributed by atoms with van der Waals surface area (Å²) in [6.45, 7) is 5.87. The average molecular weight is 500 g/mol. The van der Waals surface area contributed by atoms with Gasteiger partial charge in [-0.3, -0.25) is 14.2 Å². The third-order valence-electron chi connectivity index (χ3n) is 6.98. The summed E-state index contributed by atoms with van der Waals surface area (Å²) in [6.07, 6.45) is 1.91. The van der Waals surface area contributed by atoms with Gasteiger partial charge < -0.3 is 4.90 Å². The highest BCUT2D eigenvalue weighted by molar-refractivity contribution is 7.89. The Morgan fingerprint density at radius 3 is 2.44 bits per heavy atom. The van der Waals surface area contributed by atoms with E-state index in [4.69, 9.17) is 0 Å². The Bertz CT molecular complexity index is 1400. The molecule has 0 radical (unpaired) electrons. The van der Waals surface area contributed by atoms with Crippen molar-refractivity contribution in [2.24, 2.45) is 5.92 Å². The van der Waals surface area contributed by atoms with Gasteiger partial charge in [0.05, 0.1) is 15.1 Å². The van der Waals surface area contributed by atoms with Crippen molar-refractivity contribution in [1.29, 1.82) is 0 Å². The molecule has 7 nitrogen and oxygen atoms in total. The lowest BCUT2D eigenvalue weighted by Gasteiger charge is -2.35. The van der Waals surface area contributed by atoms with Gasteiger partial charge in [0.25, 0.3) is 0 Å². The minimum absolute atomic E-state index is 0.00801. The maximum Gasteiger partial charge on any atom is 0.308 e. The van der Waals surface area contributed by atoms with Crippen LogP contribution < -0.4 is 4.87 Å². The average Bonchev–Trinajstić information content (AvgIpc) is 3.18. The maximum absolute atomic E-state index is 13.3. The van der Waals surface area contributed by atoms with Crippen LogP contribution in [0, 0.1) is 5.92 Å². The number of rotatable bonds is 4. The molecule has 2 aliphatic rings. The molecule has 2 aromatic carbocycles. The van der Waals surface area contributed by atoms with Crippen molar-refractivity contribution < 1.29 is 13.2 Å². The molecule has 9 heteroatoms. The Balaban J connectivity index is 1.28. The Kier molecular flexibility index (Phi) is 6.12. The molecule has 180 valence electrons. The van der Waals surface area contributed by atoms with Crippen molar-refractivity contribution in [3.05, 3.63) is 63.3 Å². The lowest BCUT2D eigenvalue weighted by atomic mass is 9.94. The Morgan fingerprint density at radius 1 is 1.03 bits per heavy atom. The van der Waals surface area contributed by atoms with E-state index in [1.807, 2.05) is 30.9 Å². The number of hydrogen-bond donors (Lipinski definition) is 0. The lowest BCUT2D eigenvalue weighted by Crippen LogP contribution is -2.45. The maximum atomic E-state index is 13.3. The fourth-order valence-electron chi connectivity index (χ4n) is 5.10. The van der Waals surface area contributed by atoms with Crippen LogP contribution in [0.3, 0.4) is 0 Å². The molecule has 0 spiro atoms. The molecule has 1 saturated heterocycles. The highest BCUT2D eigenvalue weighted by Crippen LogP contribution is 2.30. The van der Waals surface area contributed by atoms with Gasteiger partial charge >= 0.3 is 4.87 Å². The molecule has 0 N–H and O–H groups in total. The van der Waals surface area contributed by atoms with Gasteiger partial charge in [-0.1, -0.05) is 35.6 Å². The van der Waals surface area contributed by atoms with Gasteiger partial charge in [0.15, 0.2) is 0 Å². The van der Waals surface area contributed by atoms with Crippen LogP contribution in [-0.4, -0.2) is 47.7 Å². The van der Waals surface area contributed by atoms with Crippen LogP contribution in [0.1, 0.15) is 43.9 Å². The molecule has 0 saturated carbocycles. The van der Waals surface area contributed by atoms with Gasteiger partial charge in [-0.05, 0) is 62.4 Å². The molecule has 5 rings (SSSR count). The summed E-state index contributed by atoms with van der Waals surface area (Å²) in [5.74, 6) is -0.0164. The third kappa shape index (κ3) is 4.10. The van der Waals surface area contributed by atoms with Crippen molar-refractivity contribution in [2.45, 2.75) is 50.6 Å². The number of aromatic nitrogens is 1. The summed E-state index contributed by atoms with van der Waals surface area (Å²) in [5, 5.41) is 0. The normalized spacial score (nSPS) is 17.9. The summed E-state index contributed by atoms with van der Waals surface area (Å²) in [7, 11) is -3.69. The Morgan fingerprint density at radius 2 is 1.74 bits per heavy atom. The minimum Gasteiger partial charge on any atom is -0.338 e. The topological polar surface area (TPSA) is 79.7 Å². The molecule has 0 aliphatic carbocycles. The molecule has 1 amide bonds. The molecule has 0 atom stereocenters. The number of carbonyl (C=O) groups is 1. The number of sulfonamides is 1. The number of fused-ring (bicyclic) bond motifs is 2. The molecule has 3 heterocycles. The quantitative estimate of drug-likeness (QED) is 0.549. The fraction of sp³-hybridized carbons (Fsp3) is 0.440. The molecule has 0 bridgehead atoms. The zero-order chi connectivity index (χ0) is 24.0. The summed E-state index contributed by atoms with van der Waals surface area (Å²) in [4.78, 5) is 27.5. The van der Waals surface area contributed by atoms with Gasteiger partial charge in [0, 0.05) is 38.1 Å². The SMILES string of the molecule is CC(C)n1c(=O)sc2cc(S(=O)(=O)N3CCC(C(=O)N4CCc5ccccc5C4)CC3)ccc21. The van der Waals surface area contributed by atoms with Gasteiger partial charge in [0.2, 0.25) is 15.9 Å². The molecule has 34 heavy (non-hydrogen) atoms. The van der Waals surface area contributed by atoms with Crippen LogP contribution in [0.25, 0.3) is 10.2 Å². The van der Waals surface area contributed by atoms with Crippen LogP contribution >= 0.6 is 11.3 Å². The van der Waals surface area contributed by atoms with Crippen molar-refractivity contribution in [3.63, 3.8) is 0 Å². The predicted molar refractivity (Wildman–Crippen MR) is 134 cm³/mol. The highest BCUT2D eigenvalue weighted by atomic mass is 32.2. The molecule has 3 aromatic rings. The number of benzene rings is 2. The Labute approximate surface area is 203 Å². The van der Waals surface area contributed by atoms with E-state index in [9.17, 15) is 18.0 Å². The number of amides is 1. The first-order valence-electron chi connectivity index (χ1n) is 11.8. The first-order chi connectivity index (χ1) is 16.3. The van der Waals surface area contributed by atoms with Gasteiger partial charge in [-0.2, -0.15) is 4.31 Å². The number of carbonyl (C=O) groups excluding carboxylic acids is 1. The number of piperidine rings is 1. The number of nitrogens with zero attached hydrogens (tertiary/aromatic N) is 3. The third-order valence-corrected chi connectivity index (χ3v) is 9.80. The first-order valence-corrected chi connectivity index (χ1v) is 14.0. The van der Waals surface area contributed by atoms with E-state index in [0.29, 0.717) is 43.7 Å². The van der Waals surface area contributed by atoms with Crippen LogP contribution in [-0.2, 0) is 27.8 Å². The number of thiazole rings is 1. The second-order valence-electron chi connectivity index (χ2n) is 9.42. The summed E-state index contributed by atoms with van der Waals surface area (Å²) in [6, 6.07) is 13.2. The lowest BCUT2D eigenvalue weighted by molar-refractivity contribution is -0.137. The standard InChI is InChI=1S/C25H29N3O4S2/c1-17(2)28-22-8-7-21(15-23(22)33-25(28)30)34(31,32)27-13-10-19(11-14-27)24(29)26-12-9-18-5-3-4-6-20(18)16-26/h3-8,15,17,19H,9-14,16H2,1-2H3. The van der Waals surface area contributed by atoms with Crippen molar-refractivity contribution in [2.75, 3.05) is 19.6 Å². The van der Waals surface area contributed by atoms with Crippen molar-refractivity contribution >= 4 is 37.5 Å². The van der Waals surface area contributed by atoms with Crippen LogP contribution in [0.15, 0.2) is 52.2 Å². The van der Waals surface area contributed by atoms with E-state index in [1.165, 1.54) is 15.4 Å². The first kappa shape index (κ1) is 23.3. The van der Waals surface area contributed by atoms with E-state index >= 15 is 0 Å². The van der Waals surface area contributed by atoms with E-state index in [1.54, 1.807) is 22.8 Å². The number of hydrogen-bond acceptors (Lipinski definition) is 5. The zero-order valence-electron chi connectivity index (χ0n) is 19.4. The minimum atomic E-state index is -3.69. The summed E-state index contributed by atoms with van der Waals surface area (Å²) < 4.78 is 30.5. The zero-order valence-corrected chi connectivity index (χ0v) is 21.1. The molecule has 1 aromatic heterocycles. The van der Waals surface area contributed by atoms with E-state index in [2.05, 4.69) is 12.1 Å². The van der Waals surface area contributed by atoms with Crippen molar-refractivity contribution in [1.82, 2.24) is 13.8 Å². The van der Waals surface area contributed by atoms with E-state index < -0.39 is 10.0 Å². The van der Waals surface area contributed by atoms with E-state index in [0.717, 1.165) is 23.3 Å². The van der Waals surface area contributed by atoms with Crippen LogP contribution in [0.4, 0.5) is 0 Å². The van der Waals surface area contributed by atoms with Gasteiger partial charge in [-0.15, -0.1) is 0 Å².